The van der Waals surface area contributed by atoms with Crippen LogP contribution in [0.25, 0.3) is 11.0 Å². The van der Waals surface area contributed by atoms with Crippen LogP contribution in [-0.2, 0) is 5.41 Å². The molecule has 1 aromatic carbocycles. The van der Waals surface area contributed by atoms with E-state index in [1.54, 1.807) is 0 Å². The van der Waals surface area contributed by atoms with Crippen molar-refractivity contribution in [3.63, 3.8) is 0 Å². The molecule has 0 saturated carbocycles. The van der Waals surface area contributed by atoms with E-state index in [9.17, 15) is 0 Å². The van der Waals surface area contributed by atoms with Gasteiger partial charge in [-0.15, -0.1) is 0 Å². The zero-order valence-corrected chi connectivity index (χ0v) is 15.9. The molecule has 1 aliphatic heterocycles. The number of hydrogen-bond donors (Lipinski definition) is 1. The number of H-pyrrole nitrogens is 1. The maximum atomic E-state index is 4.54. The Morgan fingerprint density at radius 3 is 2.88 bits per heavy atom. The number of unbranched alkanes of at least 4 members (excludes halogenated alkanes) is 3. The van der Waals surface area contributed by atoms with Gasteiger partial charge in [-0.2, -0.15) is 0 Å². The van der Waals surface area contributed by atoms with E-state index in [1.165, 1.54) is 62.8 Å². The van der Waals surface area contributed by atoms with Crippen molar-refractivity contribution < 1.29 is 0 Å². The van der Waals surface area contributed by atoms with Crippen molar-refractivity contribution >= 4 is 11.0 Å². The van der Waals surface area contributed by atoms with Crippen molar-refractivity contribution in [2.75, 3.05) is 19.6 Å². The van der Waals surface area contributed by atoms with E-state index in [2.05, 4.69) is 53.8 Å². The minimum Gasteiger partial charge on any atom is -0.342 e. The van der Waals surface area contributed by atoms with Crippen molar-refractivity contribution in [1.29, 1.82) is 0 Å². The van der Waals surface area contributed by atoms with Gasteiger partial charge in [-0.1, -0.05) is 46.1 Å². The van der Waals surface area contributed by atoms with Gasteiger partial charge in [-0.05, 0) is 61.9 Å². The van der Waals surface area contributed by atoms with Crippen LogP contribution in [0.2, 0.25) is 0 Å². The molecule has 1 fully saturated rings. The van der Waals surface area contributed by atoms with Crippen molar-refractivity contribution in [1.82, 2.24) is 14.9 Å². The number of nitrogens with one attached hydrogen (secondary N) is 1. The maximum absolute atomic E-state index is 4.54. The van der Waals surface area contributed by atoms with Crippen LogP contribution < -0.4 is 0 Å². The fourth-order valence-corrected chi connectivity index (χ4v) is 4.20. The van der Waals surface area contributed by atoms with E-state index in [-0.39, 0.29) is 5.41 Å². The van der Waals surface area contributed by atoms with Gasteiger partial charge < -0.3 is 9.88 Å². The van der Waals surface area contributed by atoms with E-state index >= 15 is 0 Å². The van der Waals surface area contributed by atoms with Gasteiger partial charge in [0.2, 0.25) is 0 Å². The second kappa shape index (κ2) is 7.26. The molecule has 1 N–H and O–H groups in total. The predicted molar refractivity (Wildman–Crippen MR) is 103 cm³/mol. The number of fused-ring (bicyclic) bond motifs is 1. The number of imidazole rings is 1. The Balaban J connectivity index is 1.68. The van der Waals surface area contributed by atoms with E-state index < -0.39 is 0 Å². The van der Waals surface area contributed by atoms with Crippen molar-refractivity contribution in [2.24, 2.45) is 5.92 Å². The van der Waals surface area contributed by atoms with E-state index in [0.717, 1.165) is 11.3 Å². The van der Waals surface area contributed by atoms with Crippen LogP contribution in [0.15, 0.2) is 18.2 Å². The van der Waals surface area contributed by atoms with Gasteiger partial charge in [0, 0.05) is 6.54 Å². The first kappa shape index (κ1) is 17.5. The van der Waals surface area contributed by atoms with Crippen LogP contribution in [-0.4, -0.2) is 34.5 Å². The number of hydrogen-bond acceptors (Lipinski definition) is 2. The van der Waals surface area contributed by atoms with Crippen LogP contribution >= 0.6 is 0 Å². The second-order valence-electron chi connectivity index (χ2n) is 7.98. The molecule has 1 saturated heterocycles. The summed E-state index contributed by atoms with van der Waals surface area (Å²) in [7, 11) is 0. The number of nitrogens with zero attached hydrogens (tertiary/aromatic N) is 2. The Hall–Kier alpha value is -1.35. The Labute approximate surface area is 146 Å². The standard InChI is InChI=1S/C21H33N3/c1-5-6-7-8-12-24-13-11-21(4,16(2)15-24)18-9-10-19-20(14-18)23-17(3)22-19/h9-10,14,16H,5-8,11-13,15H2,1-4H3,(H,22,23). The quantitative estimate of drug-likeness (QED) is 0.753. The number of benzene rings is 1. The summed E-state index contributed by atoms with van der Waals surface area (Å²) in [5, 5.41) is 0. The first-order valence-corrected chi connectivity index (χ1v) is 9.72. The summed E-state index contributed by atoms with van der Waals surface area (Å²) in [5.41, 5.74) is 4.01. The molecular weight excluding hydrogens is 294 g/mol. The lowest BCUT2D eigenvalue weighted by atomic mass is 9.68. The fourth-order valence-electron chi connectivity index (χ4n) is 4.20. The van der Waals surface area contributed by atoms with Crippen LogP contribution in [0.5, 0.6) is 0 Å². The van der Waals surface area contributed by atoms with Gasteiger partial charge in [-0.25, -0.2) is 4.98 Å². The SMILES string of the molecule is CCCCCCN1CCC(C)(c2ccc3nc(C)[nH]c3c2)C(C)C1. The fraction of sp³-hybridized carbons (Fsp3) is 0.667. The number of piperidine rings is 1. The second-order valence-corrected chi connectivity index (χ2v) is 7.98. The van der Waals surface area contributed by atoms with Crippen LogP contribution in [0.3, 0.4) is 0 Å². The Morgan fingerprint density at radius 2 is 2.12 bits per heavy atom. The summed E-state index contributed by atoms with van der Waals surface area (Å²) >= 11 is 0. The largest absolute Gasteiger partial charge is 0.342 e. The Kier molecular flexibility index (Phi) is 5.29. The van der Waals surface area contributed by atoms with Crippen molar-refractivity contribution in [3.05, 3.63) is 29.6 Å². The van der Waals surface area contributed by atoms with E-state index in [4.69, 9.17) is 0 Å². The smallest absolute Gasteiger partial charge is 0.104 e. The van der Waals surface area contributed by atoms with E-state index in [1.807, 2.05) is 6.92 Å². The molecule has 24 heavy (non-hydrogen) atoms. The Bertz CT molecular complexity index is 675. The van der Waals surface area contributed by atoms with Gasteiger partial charge in [0.15, 0.2) is 0 Å². The van der Waals surface area contributed by atoms with Crippen molar-refractivity contribution in [2.45, 2.75) is 65.2 Å². The van der Waals surface area contributed by atoms with Crippen LogP contribution in [0.4, 0.5) is 0 Å². The highest BCUT2D eigenvalue weighted by molar-refractivity contribution is 5.76. The lowest BCUT2D eigenvalue weighted by Gasteiger charge is -2.45. The highest BCUT2D eigenvalue weighted by Crippen LogP contribution is 2.40. The Morgan fingerprint density at radius 1 is 1.29 bits per heavy atom. The average Bonchev–Trinajstić information content (AvgIpc) is 2.94. The number of aryl methyl sites for hydroxylation is 1. The van der Waals surface area contributed by atoms with Gasteiger partial charge in [0.25, 0.3) is 0 Å². The van der Waals surface area contributed by atoms with Gasteiger partial charge in [0.1, 0.15) is 5.82 Å². The first-order chi connectivity index (χ1) is 11.5. The summed E-state index contributed by atoms with van der Waals surface area (Å²) in [6.07, 6.45) is 6.69. The highest BCUT2D eigenvalue weighted by Gasteiger charge is 2.37. The van der Waals surface area contributed by atoms with Gasteiger partial charge in [-0.3, -0.25) is 0 Å². The molecule has 0 spiro atoms. The minimum atomic E-state index is 0.271. The molecule has 2 unspecified atom stereocenters. The number of rotatable bonds is 6. The van der Waals surface area contributed by atoms with Gasteiger partial charge in [0.05, 0.1) is 11.0 Å². The molecular formula is C21H33N3. The summed E-state index contributed by atoms with van der Waals surface area (Å²) in [6.45, 7) is 12.9. The molecule has 2 aromatic rings. The first-order valence-electron chi connectivity index (χ1n) is 9.72. The number of likely N-dealkylation sites (tertiary alicyclic amines) is 1. The molecule has 2 heterocycles. The predicted octanol–water partition coefficient (Wildman–Crippen LogP) is 5.05. The minimum absolute atomic E-state index is 0.271. The third kappa shape index (κ3) is 3.51. The summed E-state index contributed by atoms with van der Waals surface area (Å²) in [4.78, 5) is 10.6. The number of aromatic amines is 1. The van der Waals surface area contributed by atoms with E-state index in [0.29, 0.717) is 5.92 Å². The lowest BCUT2D eigenvalue weighted by molar-refractivity contribution is 0.109. The average molecular weight is 328 g/mol. The molecule has 0 bridgehead atoms. The topological polar surface area (TPSA) is 31.9 Å². The zero-order valence-electron chi connectivity index (χ0n) is 15.9. The molecule has 132 valence electrons. The zero-order chi connectivity index (χ0) is 17.2. The molecule has 2 atom stereocenters. The third-order valence-electron chi connectivity index (χ3n) is 6.15. The molecule has 0 radical (unpaired) electrons. The number of aromatic nitrogens is 2. The monoisotopic (exact) mass is 327 g/mol. The summed E-state index contributed by atoms with van der Waals surface area (Å²) in [5.74, 6) is 1.68. The third-order valence-corrected chi connectivity index (χ3v) is 6.15. The maximum Gasteiger partial charge on any atom is 0.104 e. The highest BCUT2D eigenvalue weighted by atomic mass is 15.1. The van der Waals surface area contributed by atoms with Gasteiger partial charge >= 0.3 is 0 Å². The molecule has 0 aliphatic carbocycles. The summed E-state index contributed by atoms with van der Waals surface area (Å²) in [6, 6.07) is 6.82. The normalized spacial score (nSPS) is 25.4. The summed E-state index contributed by atoms with van der Waals surface area (Å²) < 4.78 is 0. The molecule has 3 heteroatoms. The molecule has 3 nitrogen and oxygen atoms in total. The van der Waals surface area contributed by atoms with Crippen LogP contribution in [0.1, 0.15) is 64.3 Å². The molecule has 0 amide bonds. The lowest BCUT2D eigenvalue weighted by Crippen LogP contribution is -2.47. The van der Waals surface area contributed by atoms with Crippen molar-refractivity contribution in [3.8, 4) is 0 Å². The van der Waals surface area contributed by atoms with Crippen LogP contribution in [0, 0.1) is 12.8 Å². The molecule has 3 rings (SSSR count). The molecule has 1 aliphatic rings. The molecule has 1 aromatic heterocycles.